The van der Waals surface area contributed by atoms with Gasteiger partial charge in [0.15, 0.2) is 0 Å². The largest absolute Gasteiger partial charge is 0.459 e. The Morgan fingerprint density at radius 3 is 2.00 bits per heavy atom. The SMILES string of the molecule is CC(C)(C)OC(=O)CN1C([C@@H](Cc2cn(C(=O)OC(C)(C)C)c3ccccc23)NC(=O)OC(C)(C)C)CNC(=O)[C@@H]1CCCCNC(=O)OC(C)(C)C. The lowest BCUT2D eigenvalue weighted by molar-refractivity contribution is -0.159. The number of ether oxygens (including phenoxy) is 4. The van der Waals surface area contributed by atoms with Crippen molar-refractivity contribution in [1.29, 1.82) is 0 Å². The molecule has 1 unspecified atom stereocenters. The van der Waals surface area contributed by atoms with Gasteiger partial charge in [0.05, 0.1) is 24.1 Å². The number of nitrogens with zero attached hydrogens (tertiary/aromatic N) is 2. The zero-order valence-electron chi connectivity index (χ0n) is 33.6. The van der Waals surface area contributed by atoms with Crippen LogP contribution in [-0.2, 0) is 35.0 Å². The number of amides is 3. The molecule has 3 N–H and O–H groups in total. The van der Waals surface area contributed by atoms with Crippen molar-refractivity contribution in [3.05, 3.63) is 36.0 Å². The zero-order chi connectivity index (χ0) is 39.9. The molecule has 3 rings (SSSR count). The molecule has 1 saturated heterocycles. The highest BCUT2D eigenvalue weighted by molar-refractivity contribution is 5.92. The van der Waals surface area contributed by atoms with Gasteiger partial charge in [-0.3, -0.25) is 19.1 Å². The quantitative estimate of drug-likeness (QED) is 0.140. The van der Waals surface area contributed by atoms with Gasteiger partial charge >= 0.3 is 24.2 Å². The third-order valence-electron chi connectivity index (χ3n) is 7.91. The number of unbranched alkanes of at least 4 members (excludes halogenated alkanes) is 1. The number of hydrogen-bond donors (Lipinski definition) is 3. The van der Waals surface area contributed by atoms with E-state index in [2.05, 4.69) is 16.0 Å². The predicted octanol–water partition coefficient (Wildman–Crippen LogP) is 6.07. The van der Waals surface area contributed by atoms with Crippen LogP contribution in [0.3, 0.4) is 0 Å². The second-order valence-electron chi connectivity index (χ2n) is 17.5. The van der Waals surface area contributed by atoms with Crippen molar-refractivity contribution in [3.8, 4) is 0 Å². The number of rotatable bonds is 11. The van der Waals surface area contributed by atoms with E-state index in [-0.39, 0.29) is 25.4 Å². The van der Waals surface area contributed by atoms with Gasteiger partial charge in [-0.1, -0.05) is 18.2 Å². The Hall–Kier alpha value is -4.33. The zero-order valence-corrected chi connectivity index (χ0v) is 33.6. The van der Waals surface area contributed by atoms with E-state index < -0.39 is 64.8 Å². The molecule has 3 amide bonds. The molecule has 2 heterocycles. The summed E-state index contributed by atoms with van der Waals surface area (Å²) in [7, 11) is 0. The summed E-state index contributed by atoms with van der Waals surface area (Å²) in [6.45, 7) is 21.6. The van der Waals surface area contributed by atoms with E-state index in [1.807, 2.05) is 24.3 Å². The van der Waals surface area contributed by atoms with Crippen molar-refractivity contribution in [3.63, 3.8) is 0 Å². The fourth-order valence-corrected chi connectivity index (χ4v) is 6.06. The van der Waals surface area contributed by atoms with E-state index in [0.717, 1.165) is 10.9 Å². The Kier molecular flexibility index (Phi) is 14.0. The molecule has 0 bridgehead atoms. The van der Waals surface area contributed by atoms with Crippen LogP contribution in [0.5, 0.6) is 0 Å². The van der Waals surface area contributed by atoms with Crippen molar-refractivity contribution in [2.24, 2.45) is 0 Å². The minimum atomic E-state index is -0.797. The summed E-state index contributed by atoms with van der Waals surface area (Å²) in [6, 6.07) is 5.35. The van der Waals surface area contributed by atoms with E-state index in [4.69, 9.17) is 18.9 Å². The van der Waals surface area contributed by atoms with Crippen LogP contribution in [-0.4, -0.2) is 99.8 Å². The van der Waals surface area contributed by atoms with Gasteiger partial charge in [0.1, 0.15) is 22.4 Å². The number of fused-ring (bicyclic) bond motifs is 1. The first-order chi connectivity index (χ1) is 24.3. The van der Waals surface area contributed by atoms with Gasteiger partial charge < -0.3 is 34.9 Å². The molecule has 0 saturated carbocycles. The minimum Gasteiger partial charge on any atom is -0.459 e. The first kappa shape index (κ1) is 43.1. The van der Waals surface area contributed by atoms with Crippen LogP contribution in [0, 0.1) is 0 Å². The second-order valence-corrected chi connectivity index (χ2v) is 17.5. The summed E-state index contributed by atoms with van der Waals surface area (Å²) in [5.41, 5.74) is -1.55. The van der Waals surface area contributed by atoms with E-state index >= 15 is 0 Å². The molecular formula is C39H61N5O9. The number of para-hydroxylation sites is 1. The molecule has 14 nitrogen and oxygen atoms in total. The van der Waals surface area contributed by atoms with E-state index in [0.29, 0.717) is 31.3 Å². The third kappa shape index (κ3) is 14.2. The van der Waals surface area contributed by atoms with Gasteiger partial charge in [-0.25, -0.2) is 14.4 Å². The standard InChI is InChI=1S/C39H61N5O9/c1-36(2,3)50-31(45)24-43-29(19-15-16-20-40-33(47)51-37(4,5)6)32(46)41-22-30(43)27(42-34(48)52-38(7,8)9)21-25-23-44(35(49)53-39(10,11)12)28-18-14-13-17-26(25)28/h13-14,17-18,23,27,29-30H,15-16,19-22,24H2,1-12H3,(H,40,47)(H,41,46)(H,42,48)/t27-,29+,30?/m1/s1. The molecule has 1 fully saturated rings. The third-order valence-corrected chi connectivity index (χ3v) is 7.91. The summed E-state index contributed by atoms with van der Waals surface area (Å²) in [5.74, 6) is -0.784. The average Bonchev–Trinajstić information content (AvgIpc) is 3.33. The number of benzene rings is 1. The summed E-state index contributed by atoms with van der Waals surface area (Å²) in [4.78, 5) is 67.7. The maximum atomic E-state index is 13.5. The Balaban J connectivity index is 2.00. The van der Waals surface area contributed by atoms with Crippen LogP contribution < -0.4 is 16.0 Å². The van der Waals surface area contributed by atoms with Gasteiger partial charge in [-0.15, -0.1) is 0 Å². The molecule has 1 aliphatic rings. The molecule has 0 aliphatic carbocycles. The number of carbonyl (C=O) groups excluding carboxylic acids is 5. The molecule has 14 heteroatoms. The topological polar surface area (TPSA) is 167 Å². The molecule has 3 atom stereocenters. The lowest BCUT2D eigenvalue weighted by Crippen LogP contribution is -2.67. The first-order valence-corrected chi connectivity index (χ1v) is 18.4. The lowest BCUT2D eigenvalue weighted by atomic mass is 9.92. The molecule has 1 aliphatic heterocycles. The van der Waals surface area contributed by atoms with Crippen molar-refractivity contribution in [1.82, 2.24) is 25.4 Å². The highest BCUT2D eigenvalue weighted by Crippen LogP contribution is 2.28. The Bertz CT molecular complexity index is 1610. The van der Waals surface area contributed by atoms with Gasteiger partial charge in [0.25, 0.3) is 0 Å². The van der Waals surface area contributed by atoms with Crippen LogP contribution >= 0.6 is 0 Å². The van der Waals surface area contributed by atoms with Crippen LogP contribution in [0.4, 0.5) is 14.4 Å². The second kappa shape index (κ2) is 17.2. The van der Waals surface area contributed by atoms with Crippen molar-refractivity contribution in [2.75, 3.05) is 19.6 Å². The van der Waals surface area contributed by atoms with Crippen LogP contribution in [0.2, 0.25) is 0 Å². The summed E-state index contributed by atoms with van der Waals surface area (Å²) >= 11 is 0. The van der Waals surface area contributed by atoms with Crippen LogP contribution in [0.1, 0.15) is 108 Å². The fraction of sp³-hybridized carbons (Fsp3) is 0.667. The highest BCUT2D eigenvalue weighted by atomic mass is 16.6. The number of esters is 1. The minimum absolute atomic E-state index is 0.115. The number of piperazine rings is 1. The van der Waals surface area contributed by atoms with E-state index in [9.17, 15) is 24.0 Å². The number of aromatic nitrogens is 1. The molecule has 0 radical (unpaired) electrons. The van der Waals surface area contributed by atoms with E-state index in [1.54, 1.807) is 94.2 Å². The van der Waals surface area contributed by atoms with Crippen molar-refractivity contribution >= 4 is 41.1 Å². The van der Waals surface area contributed by atoms with Crippen LogP contribution in [0.15, 0.2) is 30.5 Å². The Labute approximate surface area is 314 Å². The van der Waals surface area contributed by atoms with Gasteiger partial charge in [0.2, 0.25) is 5.91 Å². The fourth-order valence-electron chi connectivity index (χ4n) is 6.06. The number of carbonyl (C=O) groups is 5. The maximum absolute atomic E-state index is 13.5. The molecule has 53 heavy (non-hydrogen) atoms. The molecular weight excluding hydrogens is 682 g/mol. The molecule has 1 aromatic heterocycles. The smallest absolute Gasteiger partial charge is 0.419 e. The summed E-state index contributed by atoms with van der Waals surface area (Å²) in [6.07, 6.45) is 1.63. The lowest BCUT2D eigenvalue weighted by Gasteiger charge is -2.44. The molecule has 296 valence electrons. The monoisotopic (exact) mass is 743 g/mol. The number of hydrogen-bond acceptors (Lipinski definition) is 10. The maximum Gasteiger partial charge on any atom is 0.419 e. The average molecular weight is 744 g/mol. The summed E-state index contributed by atoms with van der Waals surface area (Å²) in [5, 5.41) is 9.56. The first-order valence-electron chi connectivity index (χ1n) is 18.4. The Morgan fingerprint density at radius 2 is 1.40 bits per heavy atom. The van der Waals surface area contributed by atoms with E-state index in [1.165, 1.54) is 4.57 Å². The van der Waals surface area contributed by atoms with Gasteiger partial charge in [0, 0.05) is 30.7 Å². The van der Waals surface area contributed by atoms with Crippen molar-refractivity contribution < 1.29 is 42.9 Å². The highest BCUT2D eigenvalue weighted by Gasteiger charge is 2.42. The van der Waals surface area contributed by atoms with Crippen LogP contribution in [0.25, 0.3) is 10.9 Å². The molecule has 0 spiro atoms. The normalized spacial score (nSPS) is 17.8. The van der Waals surface area contributed by atoms with Gasteiger partial charge in [-0.05, 0) is 120 Å². The Morgan fingerprint density at radius 1 is 0.811 bits per heavy atom. The molecule has 1 aromatic carbocycles. The van der Waals surface area contributed by atoms with Gasteiger partial charge in [-0.2, -0.15) is 0 Å². The summed E-state index contributed by atoms with van der Waals surface area (Å²) < 4.78 is 23.9. The van der Waals surface area contributed by atoms with Crippen molar-refractivity contribution in [2.45, 2.75) is 149 Å². The number of alkyl carbamates (subject to hydrolysis) is 2. The number of nitrogens with one attached hydrogen (secondary N) is 3. The molecule has 2 aromatic rings. The predicted molar refractivity (Wildman–Crippen MR) is 202 cm³/mol.